The van der Waals surface area contributed by atoms with Gasteiger partial charge in [0, 0.05) is 19.4 Å². The van der Waals surface area contributed by atoms with Gasteiger partial charge in [0.2, 0.25) is 0 Å². The zero-order chi connectivity index (χ0) is 14.5. The van der Waals surface area contributed by atoms with Crippen LogP contribution in [-0.4, -0.2) is 34.7 Å². The number of urea groups is 1. The summed E-state index contributed by atoms with van der Waals surface area (Å²) in [4.78, 5) is 36.5. The van der Waals surface area contributed by atoms with Crippen molar-refractivity contribution >= 4 is 17.7 Å². The lowest BCUT2D eigenvalue weighted by Gasteiger charge is -2.21. The van der Waals surface area contributed by atoms with Crippen molar-refractivity contribution in [2.45, 2.75) is 64.8 Å². The number of rotatable bonds is 8. The van der Waals surface area contributed by atoms with Crippen molar-refractivity contribution in [2.24, 2.45) is 0 Å². The second-order valence-electron chi connectivity index (χ2n) is 5.32. The lowest BCUT2D eigenvalue weighted by Crippen LogP contribution is -2.43. The fraction of sp³-hybridized carbons (Fsp3) is 0.786. The zero-order valence-electron chi connectivity index (χ0n) is 12.1. The van der Waals surface area contributed by atoms with Gasteiger partial charge in [0.15, 0.2) is 0 Å². The summed E-state index contributed by atoms with van der Waals surface area (Å²) in [6, 6.07) is -0.326. The van der Waals surface area contributed by atoms with Crippen LogP contribution in [0.3, 0.4) is 0 Å². The summed E-state index contributed by atoms with van der Waals surface area (Å²) in [5.74, 6) is 0.00990. The van der Waals surface area contributed by atoms with E-state index in [1.54, 1.807) is 6.92 Å². The first-order valence-corrected chi connectivity index (χ1v) is 7.10. The van der Waals surface area contributed by atoms with E-state index < -0.39 is 5.54 Å². The van der Waals surface area contributed by atoms with Gasteiger partial charge in [0.1, 0.15) is 11.3 Å². The van der Waals surface area contributed by atoms with Crippen LogP contribution in [0.5, 0.6) is 0 Å². The van der Waals surface area contributed by atoms with Gasteiger partial charge < -0.3 is 5.32 Å². The van der Waals surface area contributed by atoms with Crippen molar-refractivity contribution in [1.82, 2.24) is 10.2 Å². The molecule has 0 saturated carbocycles. The Hall–Kier alpha value is -1.39. The highest BCUT2D eigenvalue weighted by atomic mass is 16.2. The van der Waals surface area contributed by atoms with Gasteiger partial charge in [-0.2, -0.15) is 0 Å². The lowest BCUT2D eigenvalue weighted by molar-refractivity contribution is -0.131. The minimum Gasteiger partial charge on any atom is -0.323 e. The van der Waals surface area contributed by atoms with Crippen LogP contribution in [0.15, 0.2) is 0 Å². The molecule has 5 heteroatoms. The second kappa shape index (κ2) is 6.68. The van der Waals surface area contributed by atoms with Crippen LogP contribution in [0.4, 0.5) is 4.79 Å². The summed E-state index contributed by atoms with van der Waals surface area (Å²) in [7, 11) is 0. The molecule has 1 fully saturated rings. The Bertz CT molecular complexity index is 368. The first-order chi connectivity index (χ1) is 8.94. The number of ketones is 1. The van der Waals surface area contributed by atoms with Gasteiger partial charge >= 0.3 is 6.03 Å². The van der Waals surface area contributed by atoms with Crippen molar-refractivity contribution in [3.05, 3.63) is 0 Å². The number of carbonyl (C=O) groups excluding carboxylic acids is 3. The summed E-state index contributed by atoms with van der Waals surface area (Å²) in [6.45, 7) is 5.98. The molecule has 1 N–H and O–H groups in total. The largest absolute Gasteiger partial charge is 0.325 e. The summed E-state index contributed by atoms with van der Waals surface area (Å²) in [5, 5.41) is 2.77. The molecular formula is C14H24N2O3. The molecule has 1 aliphatic rings. The molecule has 5 nitrogen and oxygen atoms in total. The molecule has 1 unspecified atom stereocenters. The Morgan fingerprint density at radius 2 is 1.95 bits per heavy atom. The van der Waals surface area contributed by atoms with Gasteiger partial charge in [-0.05, 0) is 19.8 Å². The molecule has 108 valence electrons. The fourth-order valence-corrected chi connectivity index (χ4v) is 2.26. The van der Waals surface area contributed by atoms with Crippen LogP contribution in [0, 0.1) is 0 Å². The minimum atomic E-state index is -0.762. The maximum atomic E-state index is 12.2. The lowest BCUT2D eigenvalue weighted by atomic mass is 9.95. The van der Waals surface area contributed by atoms with Crippen molar-refractivity contribution in [1.29, 1.82) is 0 Å². The van der Waals surface area contributed by atoms with E-state index >= 15 is 0 Å². The number of imide groups is 1. The van der Waals surface area contributed by atoms with E-state index in [1.807, 2.05) is 6.92 Å². The minimum absolute atomic E-state index is 0.158. The summed E-state index contributed by atoms with van der Waals surface area (Å²) < 4.78 is 0. The Morgan fingerprint density at radius 3 is 2.53 bits per heavy atom. The van der Waals surface area contributed by atoms with E-state index in [4.69, 9.17) is 0 Å². The van der Waals surface area contributed by atoms with Gasteiger partial charge in [0.25, 0.3) is 5.91 Å². The summed E-state index contributed by atoms with van der Waals surface area (Å²) in [6.07, 6.45) is 4.05. The molecule has 1 atom stereocenters. The van der Waals surface area contributed by atoms with E-state index in [2.05, 4.69) is 12.2 Å². The molecule has 0 radical (unpaired) electrons. The average Bonchev–Trinajstić information content (AvgIpc) is 2.60. The number of unbranched alkanes of at least 4 members (excludes halogenated alkanes) is 1. The Labute approximate surface area is 114 Å². The number of nitrogens with one attached hydrogen (secondary N) is 1. The van der Waals surface area contributed by atoms with E-state index in [1.165, 1.54) is 4.90 Å². The van der Waals surface area contributed by atoms with E-state index in [-0.39, 0.29) is 17.7 Å². The molecule has 0 bridgehead atoms. The fourth-order valence-electron chi connectivity index (χ4n) is 2.26. The highest BCUT2D eigenvalue weighted by Crippen LogP contribution is 2.23. The normalized spacial score (nSPS) is 22.8. The zero-order valence-corrected chi connectivity index (χ0v) is 12.1. The van der Waals surface area contributed by atoms with Gasteiger partial charge in [-0.15, -0.1) is 0 Å². The van der Waals surface area contributed by atoms with Gasteiger partial charge in [-0.1, -0.05) is 26.7 Å². The second-order valence-corrected chi connectivity index (χ2v) is 5.32. The van der Waals surface area contributed by atoms with Crippen molar-refractivity contribution < 1.29 is 14.4 Å². The van der Waals surface area contributed by atoms with Crippen LogP contribution in [0.2, 0.25) is 0 Å². The molecule has 1 aliphatic heterocycles. The standard InChI is InChI=1S/C14H24N2O3/c1-4-6-9-14(3)12(18)16(13(19)15-14)10-7-8-11(17)5-2/h4-10H2,1-3H3,(H,15,19). The Kier molecular flexibility index (Phi) is 5.51. The molecule has 1 heterocycles. The van der Waals surface area contributed by atoms with Gasteiger partial charge in [0.05, 0.1) is 0 Å². The average molecular weight is 268 g/mol. The highest BCUT2D eigenvalue weighted by molar-refractivity contribution is 6.06. The van der Waals surface area contributed by atoms with E-state index in [9.17, 15) is 14.4 Å². The van der Waals surface area contributed by atoms with Crippen molar-refractivity contribution in [3.8, 4) is 0 Å². The van der Waals surface area contributed by atoms with E-state index in [0.717, 1.165) is 12.8 Å². The number of carbonyl (C=O) groups is 3. The molecule has 3 amide bonds. The number of amides is 3. The van der Waals surface area contributed by atoms with Crippen LogP contribution < -0.4 is 5.32 Å². The van der Waals surface area contributed by atoms with Gasteiger partial charge in [-0.25, -0.2) is 4.79 Å². The third-order valence-corrected chi connectivity index (χ3v) is 3.61. The smallest absolute Gasteiger partial charge is 0.323 e. The van der Waals surface area contributed by atoms with Crippen LogP contribution in [-0.2, 0) is 9.59 Å². The number of hydrogen-bond acceptors (Lipinski definition) is 3. The van der Waals surface area contributed by atoms with E-state index in [0.29, 0.717) is 32.2 Å². The van der Waals surface area contributed by atoms with Crippen molar-refractivity contribution in [3.63, 3.8) is 0 Å². The molecular weight excluding hydrogens is 244 g/mol. The first-order valence-electron chi connectivity index (χ1n) is 7.10. The maximum absolute atomic E-state index is 12.2. The molecule has 0 aromatic heterocycles. The molecule has 0 aromatic carbocycles. The molecule has 0 aliphatic carbocycles. The number of Topliss-reactive ketones (excluding diaryl/α,β-unsaturated/α-hetero) is 1. The Balaban J connectivity index is 2.53. The molecule has 0 aromatic rings. The third kappa shape index (κ3) is 3.78. The van der Waals surface area contributed by atoms with Crippen LogP contribution in [0.25, 0.3) is 0 Å². The monoisotopic (exact) mass is 268 g/mol. The highest BCUT2D eigenvalue weighted by Gasteiger charge is 2.46. The number of hydrogen-bond donors (Lipinski definition) is 1. The quantitative estimate of drug-likeness (QED) is 0.687. The number of nitrogens with zero attached hydrogens (tertiary/aromatic N) is 1. The first kappa shape index (κ1) is 15.7. The third-order valence-electron chi connectivity index (χ3n) is 3.61. The molecule has 1 saturated heterocycles. The SMILES string of the molecule is CCCCC1(C)NC(=O)N(CCCC(=O)CC)C1=O. The predicted octanol–water partition coefficient (Wildman–Crippen LogP) is 2.25. The molecule has 0 spiro atoms. The summed E-state index contributed by atoms with van der Waals surface area (Å²) >= 11 is 0. The van der Waals surface area contributed by atoms with Crippen molar-refractivity contribution in [2.75, 3.05) is 6.54 Å². The maximum Gasteiger partial charge on any atom is 0.325 e. The van der Waals surface area contributed by atoms with Gasteiger partial charge in [-0.3, -0.25) is 14.5 Å². The summed E-state index contributed by atoms with van der Waals surface area (Å²) in [5.41, 5.74) is -0.762. The van der Waals surface area contributed by atoms with Crippen LogP contribution >= 0.6 is 0 Å². The molecule has 1 rings (SSSR count). The molecule has 19 heavy (non-hydrogen) atoms. The Morgan fingerprint density at radius 1 is 1.26 bits per heavy atom. The topological polar surface area (TPSA) is 66.5 Å². The predicted molar refractivity (Wildman–Crippen MR) is 72.7 cm³/mol. The van der Waals surface area contributed by atoms with Crippen LogP contribution in [0.1, 0.15) is 59.3 Å².